The molecular weight excluding hydrogens is 362 g/mol. The van der Waals surface area contributed by atoms with Crippen LogP contribution < -0.4 is 10.1 Å². The lowest BCUT2D eigenvalue weighted by molar-refractivity contribution is -0.120. The average molecular weight is 380 g/mol. The maximum absolute atomic E-state index is 12.0. The fourth-order valence-electron chi connectivity index (χ4n) is 1.77. The van der Waals surface area contributed by atoms with Gasteiger partial charge in [0.15, 0.2) is 0 Å². The van der Waals surface area contributed by atoms with Crippen LogP contribution in [0.1, 0.15) is 6.92 Å². The number of thioether (sulfide) groups is 1. The molecular formula is C17H18BrNO2S. The van der Waals surface area contributed by atoms with E-state index in [4.69, 9.17) is 4.74 Å². The number of halogens is 1. The largest absolute Gasteiger partial charge is 0.492 e. The van der Waals surface area contributed by atoms with Crippen molar-refractivity contribution in [2.24, 2.45) is 0 Å². The van der Waals surface area contributed by atoms with Crippen LogP contribution in [0.4, 0.5) is 0 Å². The Morgan fingerprint density at radius 3 is 2.55 bits per heavy atom. The topological polar surface area (TPSA) is 38.3 Å². The number of para-hydroxylation sites is 1. The van der Waals surface area contributed by atoms with Gasteiger partial charge in [0.25, 0.3) is 0 Å². The van der Waals surface area contributed by atoms with Crippen LogP contribution in [0, 0.1) is 0 Å². The Bertz CT molecular complexity index is 589. The number of carbonyl (C=O) groups is 1. The van der Waals surface area contributed by atoms with E-state index in [0.29, 0.717) is 13.2 Å². The number of hydrogen-bond acceptors (Lipinski definition) is 3. The van der Waals surface area contributed by atoms with Gasteiger partial charge in [-0.3, -0.25) is 4.79 Å². The second kappa shape index (κ2) is 8.86. The molecule has 2 rings (SSSR count). The summed E-state index contributed by atoms with van der Waals surface area (Å²) < 4.78 is 6.58. The van der Waals surface area contributed by atoms with Gasteiger partial charge in [0.05, 0.1) is 11.8 Å². The smallest absolute Gasteiger partial charge is 0.233 e. The predicted octanol–water partition coefficient (Wildman–Crippen LogP) is 4.12. The van der Waals surface area contributed by atoms with E-state index in [1.165, 1.54) is 0 Å². The van der Waals surface area contributed by atoms with E-state index in [9.17, 15) is 4.79 Å². The number of carbonyl (C=O) groups excluding carboxylic acids is 1. The lowest BCUT2D eigenvalue weighted by Crippen LogP contribution is -2.33. The highest BCUT2D eigenvalue weighted by Gasteiger charge is 2.13. The molecule has 0 aliphatic heterocycles. The zero-order valence-electron chi connectivity index (χ0n) is 12.3. The second-order valence-electron chi connectivity index (χ2n) is 4.67. The summed E-state index contributed by atoms with van der Waals surface area (Å²) in [7, 11) is 0. The Labute approximate surface area is 143 Å². The Hall–Kier alpha value is -1.46. The minimum absolute atomic E-state index is 0.0181. The van der Waals surface area contributed by atoms with E-state index in [1.807, 2.05) is 61.5 Å². The van der Waals surface area contributed by atoms with Gasteiger partial charge in [-0.05, 0) is 43.3 Å². The van der Waals surface area contributed by atoms with Gasteiger partial charge in [0.2, 0.25) is 5.91 Å². The standard InChI is InChI=1S/C17H18BrNO2S/c1-13(22-16-9-7-14(18)8-10-16)17(20)19-11-12-21-15-5-3-2-4-6-15/h2-10,13H,11-12H2,1H3,(H,19,20). The van der Waals surface area contributed by atoms with Gasteiger partial charge >= 0.3 is 0 Å². The monoisotopic (exact) mass is 379 g/mol. The third kappa shape index (κ3) is 5.73. The van der Waals surface area contributed by atoms with Crippen molar-refractivity contribution in [3.05, 3.63) is 59.1 Å². The van der Waals surface area contributed by atoms with Gasteiger partial charge < -0.3 is 10.1 Å². The summed E-state index contributed by atoms with van der Waals surface area (Å²) in [5, 5.41) is 2.75. The molecule has 0 radical (unpaired) electrons. The molecule has 0 aliphatic rings. The summed E-state index contributed by atoms with van der Waals surface area (Å²) in [4.78, 5) is 13.1. The van der Waals surface area contributed by atoms with Crippen LogP contribution in [0.2, 0.25) is 0 Å². The van der Waals surface area contributed by atoms with Crippen molar-refractivity contribution in [1.29, 1.82) is 0 Å². The van der Waals surface area contributed by atoms with Crippen molar-refractivity contribution in [3.63, 3.8) is 0 Å². The summed E-state index contributed by atoms with van der Waals surface area (Å²) >= 11 is 4.94. The summed E-state index contributed by atoms with van der Waals surface area (Å²) in [6.07, 6.45) is 0. The van der Waals surface area contributed by atoms with E-state index < -0.39 is 0 Å². The number of rotatable bonds is 7. The van der Waals surface area contributed by atoms with Gasteiger partial charge in [0, 0.05) is 9.37 Å². The number of ether oxygens (including phenoxy) is 1. The first kappa shape index (κ1) is 16.9. The molecule has 1 amide bonds. The molecule has 0 saturated heterocycles. The molecule has 0 heterocycles. The molecule has 1 unspecified atom stereocenters. The van der Waals surface area contributed by atoms with Crippen molar-refractivity contribution in [1.82, 2.24) is 5.32 Å². The van der Waals surface area contributed by atoms with Crippen LogP contribution >= 0.6 is 27.7 Å². The van der Waals surface area contributed by atoms with E-state index >= 15 is 0 Å². The first-order valence-electron chi connectivity index (χ1n) is 7.03. The number of nitrogens with one attached hydrogen (secondary N) is 1. The molecule has 116 valence electrons. The molecule has 22 heavy (non-hydrogen) atoms. The Morgan fingerprint density at radius 1 is 1.18 bits per heavy atom. The van der Waals surface area contributed by atoms with E-state index in [1.54, 1.807) is 11.8 Å². The van der Waals surface area contributed by atoms with Crippen LogP contribution in [0.25, 0.3) is 0 Å². The molecule has 0 bridgehead atoms. The maximum atomic E-state index is 12.0. The molecule has 3 nitrogen and oxygen atoms in total. The molecule has 2 aromatic rings. The van der Waals surface area contributed by atoms with Crippen LogP contribution in [0.15, 0.2) is 64.0 Å². The molecule has 0 spiro atoms. The van der Waals surface area contributed by atoms with Crippen LogP contribution in [-0.2, 0) is 4.79 Å². The van der Waals surface area contributed by atoms with Crippen LogP contribution in [0.5, 0.6) is 5.75 Å². The SMILES string of the molecule is CC(Sc1ccc(Br)cc1)C(=O)NCCOc1ccccc1. The quantitative estimate of drug-likeness (QED) is 0.580. The minimum atomic E-state index is -0.141. The second-order valence-corrected chi connectivity index (χ2v) is 7.00. The van der Waals surface area contributed by atoms with Crippen molar-refractivity contribution in [2.45, 2.75) is 17.1 Å². The van der Waals surface area contributed by atoms with E-state index in [0.717, 1.165) is 15.1 Å². The zero-order chi connectivity index (χ0) is 15.8. The zero-order valence-corrected chi connectivity index (χ0v) is 14.7. The molecule has 0 aliphatic carbocycles. The highest BCUT2D eigenvalue weighted by molar-refractivity contribution is 9.10. The van der Waals surface area contributed by atoms with Gasteiger partial charge in [-0.1, -0.05) is 34.1 Å². The normalized spacial score (nSPS) is 11.7. The van der Waals surface area contributed by atoms with Gasteiger partial charge in [-0.2, -0.15) is 0 Å². The molecule has 0 aromatic heterocycles. The fourth-order valence-corrected chi connectivity index (χ4v) is 2.93. The van der Waals surface area contributed by atoms with E-state index in [-0.39, 0.29) is 11.2 Å². The predicted molar refractivity (Wildman–Crippen MR) is 94.4 cm³/mol. The highest BCUT2D eigenvalue weighted by Crippen LogP contribution is 2.24. The first-order chi connectivity index (χ1) is 10.6. The highest BCUT2D eigenvalue weighted by atomic mass is 79.9. The van der Waals surface area contributed by atoms with Gasteiger partial charge in [-0.15, -0.1) is 11.8 Å². The molecule has 5 heteroatoms. The minimum Gasteiger partial charge on any atom is -0.492 e. The van der Waals surface area contributed by atoms with E-state index in [2.05, 4.69) is 21.2 Å². The number of hydrogen-bond donors (Lipinski definition) is 1. The Morgan fingerprint density at radius 2 is 1.86 bits per heavy atom. The summed E-state index contributed by atoms with van der Waals surface area (Å²) in [6.45, 7) is 2.87. The first-order valence-corrected chi connectivity index (χ1v) is 8.70. The maximum Gasteiger partial charge on any atom is 0.233 e. The van der Waals surface area contributed by atoms with Gasteiger partial charge in [0.1, 0.15) is 12.4 Å². The summed E-state index contributed by atoms with van der Waals surface area (Å²) in [6, 6.07) is 17.5. The summed E-state index contributed by atoms with van der Waals surface area (Å²) in [5.41, 5.74) is 0. The molecule has 0 saturated carbocycles. The summed E-state index contributed by atoms with van der Waals surface area (Å²) in [5.74, 6) is 0.832. The van der Waals surface area contributed by atoms with Crippen molar-refractivity contribution < 1.29 is 9.53 Å². The number of amides is 1. The number of benzene rings is 2. The fraction of sp³-hybridized carbons (Fsp3) is 0.235. The third-order valence-corrected chi connectivity index (χ3v) is 4.55. The lowest BCUT2D eigenvalue weighted by Gasteiger charge is -2.12. The molecule has 2 aromatic carbocycles. The van der Waals surface area contributed by atoms with Crippen molar-refractivity contribution in [3.8, 4) is 5.75 Å². The average Bonchev–Trinajstić information content (AvgIpc) is 2.54. The molecule has 1 atom stereocenters. The molecule has 1 N–H and O–H groups in total. The van der Waals surface area contributed by atoms with Crippen molar-refractivity contribution >= 4 is 33.6 Å². The molecule has 0 fully saturated rings. The van der Waals surface area contributed by atoms with Gasteiger partial charge in [-0.25, -0.2) is 0 Å². The lowest BCUT2D eigenvalue weighted by atomic mass is 10.3. The third-order valence-electron chi connectivity index (χ3n) is 2.91. The Kier molecular flexibility index (Phi) is 6.80. The Balaban J connectivity index is 1.69. The van der Waals surface area contributed by atoms with Crippen molar-refractivity contribution in [2.75, 3.05) is 13.2 Å². The van der Waals surface area contributed by atoms with Crippen LogP contribution in [-0.4, -0.2) is 24.3 Å². The van der Waals surface area contributed by atoms with Crippen LogP contribution in [0.3, 0.4) is 0 Å².